The van der Waals surface area contributed by atoms with Crippen molar-refractivity contribution in [2.45, 2.75) is 71.3 Å². The molecule has 7 heteroatoms. The Morgan fingerprint density at radius 2 is 1.77 bits per heavy atom. The van der Waals surface area contributed by atoms with Gasteiger partial charge >= 0.3 is 6.09 Å². The largest absolute Gasteiger partial charge is 0.444 e. The summed E-state index contributed by atoms with van der Waals surface area (Å²) >= 11 is 3.17. The van der Waals surface area contributed by atoms with Crippen LogP contribution in [0.25, 0.3) is 0 Å². The van der Waals surface area contributed by atoms with Crippen molar-refractivity contribution in [3.05, 3.63) is 28.7 Å². The highest BCUT2D eigenvalue weighted by atomic mass is 79.9. The van der Waals surface area contributed by atoms with E-state index in [1.807, 2.05) is 6.07 Å². The number of aromatic nitrogens is 1. The van der Waals surface area contributed by atoms with Crippen molar-refractivity contribution in [1.82, 2.24) is 4.98 Å². The van der Waals surface area contributed by atoms with Gasteiger partial charge < -0.3 is 16.2 Å². The molecule has 0 spiro atoms. The average molecular weight is 426 g/mol. The lowest BCUT2D eigenvalue weighted by Crippen LogP contribution is -2.27. The maximum Gasteiger partial charge on any atom is 0.405 e. The summed E-state index contributed by atoms with van der Waals surface area (Å²) in [6, 6.07) is 3.55. The molecule has 0 bridgehead atoms. The molecule has 0 atom stereocenters. The van der Waals surface area contributed by atoms with Gasteiger partial charge in [-0.05, 0) is 49.2 Å². The second kappa shape index (κ2) is 13.4. The van der Waals surface area contributed by atoms with E-state index in [9.17, 15) is 4.79 Å². The van der Waals surface area contributed by atoms with Gasteiger partial charge in [0.2, 0.25) is 0 Å². The van der Waals surface area contributed by atoms with Gasteiger partial charge in [0.25, 0.3) is 0 Å². The number of pyridine rings is 1. The van der Waals surface area contributed by atoms with Crippen LogP contribution in [-0.4, -0.2) is 16.7 Å². The molecule has 1 heterocycles. The van der Waals surface area contributed by atoms with Gasteiger partial charge in [-0.25, -0.2) is 9.78 Å². The number of hydrogen-bond acceptors (Lipinski definition) is 5. The van der Waals surface area contributed by atoms with Gasteiger partial charge in [-0.15, -0.1) is 0 Å². The molecule has 1 aromatic heterocycles. The number of carbonyl (C=O) groups excluding carboxylic acids is 1. The Morgan fingerprint density at radius 1 is 1.23 bits per heavy atom. The fraction of sp³-hybridized carbons (Fsp3) is 0.579. The molecule has 0 aliphatic heterocycles. The van der Waals surface area contributed by atoms with E-state index in [2.05, 4.69) is 32.1 Å². The highest BCUT2D eigenvalue weighted by molar-refractivity contribution is 9.10. The highest BCUT2D eigenvalue weighted by Crippen LogP contribution is 2.15. The second-order valence-corrected chi connectivity index (χ2v) is 7.78. The van der Waals surface area contributed by atoms with Gasteiger partial charge in [-0.2, -0.15) is 5.26 Å². The van der Waals surface area contributed by atoms with E-state index in [4.69, 9.17) is 16.7 Å². The zero-order valence-electron chi connectivity index (χ0n) is 15.9. The number of nitrogens with two attached hydrogens (primary N) is 2. The summed E-state index contributed by atoms with van der Waals surface area (Å²) in [7, 11) is 0. The van der Waals surface area contributed by atoms with E-state index in [0.29, 0.717) is 5.56 Å². The van der Waals surface area contributed by atoms with Crippen LogP contribution in [0.2, 0.25) is 0 Å². The topological polar surface area (TPSA) is 115 Å². The lowest BCUT2D eigenvalue weighted by molar-refractivity contribution is 0.0600. The maximum atomic E-state index is 10.0. The average Bonchev–Trinajstić information content (AvgIpc) is 2.48. The predicted molar refractivity (Wildman–Crippen MR) is 108 cm³/mol. The Balaban J connectivity index is 0.000000365. The van der Waals surface area contributed by atoms with Crippen LogP contribution in [0.4, 0.5) is 10.6 Å². The van der Waals surface area contributed by atoms with Crippen LogP contribution in [0.15, 0.2) is 16.7 Å². The summed E-state index contributed by atoms with van der Waals surface area (Å²) in [5, 5.41) is 8.45. The van der Waals surface area contributed by atoms with Crippen molar-refractivity contribution in [3.8, 4) is 6.07 Å². The molecule has 6 nitrogen and oxygen atoms in total. The Bertz CT molecular complexity index is 556. The lowest BCUT2D eigenvalue weighted by Gasteiger charge is -2.16. The van der Waals surface area contributed by atoms with Gasteiger partial charge in [0.05, 0.1) is 5.56 Å². The van der Waals surface area contributed by atoms with Crippen molar-refractivity contribution < 1.29 is 9.53 Å². The number of nitrogen functional groups attached to an aromatic ring is 1. The quantitative estimate of drug-likeness (QED) is 0.598. The van der Waals surface area contributed by atoms with Gasteiger partial charge in [0.1, 0.15) is 17.5 Å². The summed E-state index contributed by atoms with van der Waals surface area (Å²) in [4.78, 5) is 13.8. The van der Waals surface area contributed by atoms with E-state index >= 15 is 0 Å². The monoisotopic (exact) mass is 425 g/mol. The van der Waals surface area contributed by atoms with Crippen LogP contribution >= 0.6 is 15.9 Å². The summed E-state index contributed by atoms with van der Waals surface area (Å²) in [5.41, 5.74) is 10.0. The third kappa shape index (κ3) is 14.5. The van der Waals surface area contributed by atoms with Crippen molar-refractivity contribution >= 4 is 27.8 Å². The molecule has 1 amide bonds. The number of carbonyl (C=O) groups is 1. The lowest BCUT2D eigenvalue weighted by atomic mass is 10.0. The summed E-state index contributed by atoms with van der Waals surface area (Å²) in [6.07, 6.45) is 13.3. The van der Waals surface area contributed by atoms with Gasteiger partial charge in [0, 0.05) is 10.7 Å². The molecule has 4 N–H and O–H groups in total. The van der Waals surface area contributed by atoms with Crippen molar-refractivity contribution in [3.63, 3.8) is 0 Å². The molecule has 2 rings (SSSR count). The minimum atomic E-state index is -0.725. The predicted octanol–water partition coefficient (Wildman–Crippen LogP) is 5.11. The fourth-order valence-electron chi connectivity index (χ4n) is 2.09. The molecule has 1 fully saturated rings. The molecule has 0 saturated heterocycles. The van der Waals surface area contributed by atoms with E-state index in [1.54, 1.807) is 33.0 Å². The van der Waals surface area contributed by atoms with Crippen molar-refractivity contribution in [2.24, 2.45) is 5.73 Å². The van der Waals surface area contributed by atoms with Gasteiger partial charge in [0.15, 0.2) is 0 Å². The molecule has 0 unspecified atom stereocenters. The Kier molecular flexibility index (Phi) is 12.5. The van der Waals surface area contributed by atoms with E-state index in [0.717, 1.165) is 4.47 Å². The Labute approximate surface area is 165 Å². The molecule has 145 valence electrons. The highest BCUT2D eigenvalue weighted by Gasteiger charge is 2.12. The first-order valence-electron chi connectivity index (χ1n) is 8.77. The number of halogens is 1. The van der Waals surface area contributed by atoms with Gasteiger partial charge in [-0.3, -0.25) is 0 Å². The maximum absolute atomic E-state index is 10.0. The van der Waals surface area contributed by atoms with E-state index < -0.39 is 11.7 Å². The number of anilines is 1. The SMILES string of the molecule is CC(C)(C)OC(N)=O.N#Cc1cc(Br)cnc1N.[CH]1CCCCCCC1. The first-order chi connectivity index (χ1) is 12.2. The Morgan fingerprint density at radius 3 is 2.15 bits per heavy atom. The summed E-state index contributed by atoms with van der Waals surface area (Å²) in [5.74, 6) is 0.269. The third-order valence-corrected chi connectivity index (χ3v) is 3.66. The smallest absolute Gasteiger partial charge is 0.405 e. The number of nitrogens with zero attached hydrogens (tertiary/aromatic N) is 2. The van der Waals surface area contributed by atoms with Crippen LogP contribution in [0, 0.1) is 17.8 Å². The van der Waals surface area contributed by atoms with Gasteiger partial charge in [-0.1, -0.05) is 44.9 Å². The molecule has 1 aliphatic carbocycles. The van der Waals surface area contributed by atoms with Crippen molar-refractivity contribution in [1.29, 1.82) is 5.26 Å². The zero-order valence-corrected chi connectivity index (χ0v) is 17.5. The third-order valence-electron chi connectivity index (χ3n) is 3.23. The number of nitriles is 1. The van der Waals surface area contributed by atoms with Crippen LogP contribution < -0.4 is 11.5 Å². The molecule has 0 aromatic carbocycles. The molecule has 1 aliphatic rings. The Hall–Kier alpha value is -1.81. The van der Waals surface area contributed by atoms with Crippen molar-refractivity contribution in [2.75, 3.05) is 5.73 Å². The standard InChI is InChI=1S/C8H15.C6H4BrN3.C5H11NO2/c1-2-4-6-8-7-5-3-1;7-5-1-4(2-8)6(9)10-3-5;1-5(2,3)8-4(6)7/h1H,2-8H2;1,3H,(H2,9,10);1-3H3,(H2,6,7). The number of rotatable bonds is 0. The van der Waals surface area contributed by atoms with E-state index in [-0.39, 0.29) is 5.82 Å². The molecule has 1 radical (unpaired) electrons. The zero-order chi connectivity index (χ0) is 20.0. The number of ether oxygens (including phenoxy) is 1. The first-order valence-corrected chi connectivity index (χ1v) is 9.56. The number of amides is 1. The van der Waals surface area contributed by atoms with E-state index in [1.165, 1.54) is 44.9 Å². The van der Waals surface area contributed by atoms with Crippen LogP contribution in [0.5, 0.6) is 0 Å². The molecular weight excluding hydrogens is 396 g/mol. The number of primary amides is 1. The first kappa shape index (κ1) is 24.2. The fourth-order valence-corrected chi connectivity index (χ4v) is 2.42. The molecule has 26 heavy (non-hydrogen) atoms. The summed E-state index contributed by atoms with van der Waals surface area (Å²) in [6.45, 7) is 5.28. The number of hydrogen-bond donors (Lipinski definition) is 2. The molecule has 1 saturated carbocycles. The summed E-state index contributed by atoms with van der Waals surface area (Å²) < 4.78 is 5.34. The van der Waals surface area contributed by atoms with Crippen LogP contribution in [0.3, 0.4) is 0 Å². The minimum absolute atomic E-state index is 0.269. The normalized spacial score (nSPS) is 14.1. The molecular formula is C19H30BrN4O2. The van der Waals surface area contributed by atoms with Crippen LogP contribution in [-0.2, 0) is 4.74 Å². The second-order valence-electron chi connectivity index (χ2n) is 6.87. The minimum Gasteiger partial charge on any atom is -0.444 e. The van der Waals surface area contributed by atoms with Crippen LogP contribution in [0.1, 0.15) is 71.3 Å². The molecule has 1 aromatic rings.